The molecule has 0 aromatic carbocycles. The van der Waals surface area contributed by atoms with Crippen LogP contribution in [0.4, 0.5) is 0 Å². The highest BCUT2D eigenvalue weighted by atomic mass is 16.2. The zero-order chi connectivity index (χ0) is 10.6. The van der Waals surface area contributed by atoms with Gasteiger partial charge in [0.1, 0.15) is 5.92 Å². The van der Waals surface area contributed by atoms with Gasteiger partial charge in [-0.3, -0.25) is 9.59 Å². The Morgan fingerprint density at radius 1 is 1.86 bits per heavy atom. The van der Waals surface area contributed by atoms with Crippen LogP contribution in [-0.4, -0.2) is 24.4 Å². The lowest BCUT2D eigenvalue weighted by molar-refractivity contribution is -0.123. The molecule has 0 spiro atoms. The van der Waals surface area contributed by atoms with Gasteiger partial charge in [-0.05, 0) is 13.3 Å². The van der Waals surface area contributed by atoms with Crippen molar-refractivity contribution in [1.29, 1.82) is 5.26 Å². The number of hydrogen-bond donors (Lipinski definition) is 2. The fraction of sp³-hybridized carbons (Fsp3) is 0.667. The zero-order valence-electron chi connectivity index (χ0n) is 8.04. The molecule has 0 aromatic rings. The predicted molar refractivity (Wildman–Crippen MR) is 49.0 cm³/mol. The van der Waals surface area contributed by atoms with Crippen LogP contribution in [0.2, 0.25) is 0 Å². The van der Waals surface area contributed by atoms with Crippen molar-refractivity contribution >= 4 is 11.8 Å². The van der Waals surface area contributed by atoms with E-state index >= 15 is 0 Å². The fourth-order valence-electron chi connectivity index (χ4n) is 1.27. The van der Waals surface area contributed by atoms with Crippen LogP contribution in [-0.2, 0) is 9.59 Å². The van der Waals surface area contributed by atoms with Gasteiger partial charge < -0.3 is 10.6 Å². The predicted octanol–water partition coefficient (Wildman–Crippen LogP) is -0.459. The van der Waals surface area contributed by atoms with Gasteiger partial charge in [-0.1, -0.05) is 0 Å². The van der Waals surface area contributed by atoms with Crippen LogP contribution in [0.5, 0.6) is 0 Å². The van der Waals surface area contributed by atoms with Crippen LogP contribution in [0.15, 0.2) is 0 Å². The lowest BCUT2D eigenvalue weighted by Crippen LogP contribution is -2.40. The Bertz CT molecular complexity index is 282. The Kier molecular flexibility index (Phi) is 3.46. The monoisotopic (exact) mass is 195 g/mol. The van der Waals surface area contributed by atoms with Crippen LogP contribution in [0.3, 0.4) is 0 Å². The van der Waals surface area contributed by atoms with E-state index in [0.29, 0.717) is 13.0 Å². The number of carbonyl (C=O) groups is 2. The summed E-state index contributed by atoms with van der Waals surface area (Å²) in [5, 5.41) is 13.8. The van der Waals surface area contributed by atoms with E-state index in [-0.39, 0.29) is 17.9 Å². The van der Waals surface area contributed by atoms with Crippen molar-refractivity contribution in [3.8, 4) is 6.07 Å². The molecule has 5 heteroatoms. The molecule has 1 fully saturated rings. The number of rotatable bonds is 3. The Hall–Kier alpha value is -1.57. The van der Waals surface area contributed by atoms with Gasteiger partial charge in [0.05, 0.1) is 6.07 Å². The van der Waals surface area contributed by atoms with Gasteiger partial charge in [-0.25, -0.2) is 0 Å². The molecule has 2 N–H and O–H groups in total. The maximum Gasteiger partial charge on any atom is 0.237 e. The summed E-state index contributed by atoms with van der Waals surface area (Å²) in [6, 6.07) is 1.87. The third-order valence-corrected chi connectivity index (χ3v) is 2.19. The van der Waals surface area contributed by atoms with E-state index in [4.69, 9.17) is 5.26 Å². The van der Waals surface area contributed by atoms with Crippen molar-refractivity contribution in [1.82, 2.24) is 10.6 Å². The molecule has 0 radical (unpaired) electrons. The molecular formula is C9H13N3O2. The number of hydrogen-bond acceptors (Lipinski definition) is 3. The highest BCUT2D eigenvalue weighted by Crippen LogP contribution is 2.05. The van der Waals surface area contributed by atoms with Gasteiger partial charge in [0.2, 0.25) is 11.8 Å². The normalized spacial score (nSPS) is 22.3. The Morgan fingerprint density at radius 3 is 3.07 bits per heavy atom. The van der Waals surface area contributed by atoms with Gasteiger partial charge in [0, 0.05) is 19.0 Å². The van der Waals surface area contributed by atoms with E-state index in [9.17, 15) is 9.59 Å². The summed E-state index contributed by atoms with van der Waals surface area (Å²) in [6.07, 6.45) is 1.27. The van der Waals surface area contributed by atoms with Gasteiger partial charge >= 0.3 is 0 Å². The molecule has 1 aliphatic rings. The summed E-state index contributed by atoms with van der Waals surface area (Å²) in [6.45, 7) is 1.96. The number of nitrogens with zero attached hydrogens (tertiary/aromatic N) is 1. The molecule has 0 aliphatic carbocycles. The summed E-state index contributed by atoms with van der Waals surface area (Å²) in [7, 11) is 0. The largest absolute Gasteiger partial charge is 0.353 e. The highest BCUT2D eigenvalue weighted by Gasteiger charge is 2.21. The minimum atomic E-state index is -0.632. The van der Waals surface area contributed by atoms with Gasteiger partial charge in [0.15, 0.2) is 0 Å². The molecule has 0 bridgehead atoms. The molecule has 5 nitrogen and oxygen atoms in total. The van der Waals surface area contributed by atoms with E-state index < -0.39 is 5.92 Å². The van der Waals surface area contributed by atoms with Crippen molar-refractivity contribution in [3.05, 3.63) is 0 Å². The summed E-state index contributed by atoms with van der Waals surface area (Å²) in [5.41, 5.74) is 0. The molecule has 76 valence electrons. The standard InChI is InChI=1S/C9H13N3O2/c1-6(4-10)9(14)11-5-7-2-3-8(13)12-7/h6-7H,2-3,5H2,1H3,(H,11,14)(H,12,13). The van der Waals surface area contributed by atoms with Crippen LogP contribution in [0.25, 0.3) is 0 Å². The lowest BCUT2D eigenvalue weighted by atomic mass is 10.2. The van der Waals surface area contributed by atoms with Crippen LogP contribution in [0, 0.1) is 17.2 Å². The molecule has 0 aromatic heterocycles. The number of amides is 2. The third-order valence-electron chi connectivity index (χ3n) is 2.19. The maximum atomic E-state index is 11.2. The molecule has 1 saturated heterocycles. The van der Waals surface area contributed by atoms with Gasteiger partial charge in [0.25, 0.3) is 0 Å². The second kappa shape index (κ2) is 4.61. The first-order valence-electron chi connectivity index (χ1n) is 4.60. The average molecular weight is 195 g/mol. The molecule has 1 heterocycles. The number of nitrogens with one attached hydrogen (secondary N) is 2. The molecule has 1 rings (SSSR count). The smallest absolute Gasteiger partial charge is 0.237 e. The average Bonchev–Trinajstić information content (AvgIpc) is 2.59. The molecule has 1 aliphatic heterocycles. The molecule has 2 unspecified atom stereocenters. The van der Waals surface area contributed by atoms with Crippen LogP contribution < -0.4 is 10.6 Å². The van der Waals surface area contributed by atoms with Crippen molar-refractivity contribution in [2.75, 3.05) is 6.54 Å². The third kappa shape index (κ3) is 2.73. The van der Waals surface area contributed by atoms with Crippen molar-refractivity contribution in [2.45, 2.75) is 25.8 Å². The highest BCUT2D eigenvalue weighted by molar-refractivity contribution is 5.81. The quantitative estimate of drug-likeness (QED) is 0.639. The minimum Gasteiger partial charge on any atom is -0.353 e. The molecule has 0 saturated carbocycles. The second-order valence-electron chi connectivity index (χ2n) is 3.40. The van der Waals surface area contributed by atoms with E-state index in [0.717, 1.165) is 6.42 Å². The molecular weight excluding hydrogens is 182 g/mol. The summed E-state index contributed by atoms with van der Waals surface area (Å²) >= 11 is 0. The SMILES string of the molecule is CC(C#N)C(=O)NCC1CCC(=O)N1. The van der Waals surface area contributed by atoms with Gasteiger partial charge in [-0.15, -0.1) is 0 Å². The summed E-state index contributed by atoms with van der Waals surface area (Å²) in [5.74, 6) is -0.890. The Labute approximate surface area is 82.5 Å². The van der Waals surface area contributed by atoms with E-state index in [1.165, 1.54) is 0 Å². The van der Waals surface area contributed by atoms with Crippen molar-refractivity contribution in [3.63, 3.8) is 0 Å². The first kappa shape index (κ1) is 10.5. The Balaban J connectivity index is 2.24. The lowest BCUT2D eigenvalue weighted by Gasteiger charge is -2.11. The number of nitriles is 1. The van der Waals surface area contributed by atoms with E-state index in [1.54, 1.807) is 6.92 Å². The van der Waals surface area contributed by atoms with E-state index in [1.807, 2.05) is 6.07 Å². The Morgan fingerprint density at radius 2 is 2.57 bits per heavy atom. The van der Waals surface area contributed by atoms with Crippen LogP contribution >= 0.6 is 0 Å². The number of carbonyl (C=O) groups excluding carboxylic acids is 2. The summed E-state index contributed by atoms with van der Waals surface area (Å²) < 4.78 is 0. The van der Waals surface area contributed by atoms with Crippen LogP contribution in [0.1, 0.15) is 19.8 Å². The van der Waals surface area contributed by atoms with E-state index in [2.05, 4.69) is 10.6 Å². The minimum absolute atomic E-state index is 0.0253. The molecule has 2 atom stereocenters. The maximum absolute atomic E-state index is 11.2. The van der Waals surface area contributed by atoms with Gasteiger partial charge in [-0.2, -0.15) is 5.26 Å². The first-order valence-corrected chi connectivity index (χ1v) is 4.60. The second-order valence-corrected chi connectivity index (χ2v) is 3.40. The topological polar surface area (TPSA) is 82.0 Å². The first-order chi connectivity index (χ1) is 6.63. The molecule has 14 heavy (non-hydrogen) atoms. The van der Waals surface area contributed by atoms with Crippen molar-refractivity contribution in [2.24, 2.45) is 5.92 Å². The summed E-state index contributed by atoms with van der Waals surface area (Å²) in [4.78, 5) is 22.0. The fourth-order valence-corrected chi connectivity index (χ4v) is 1.27. The van der Waals surface area contributed by atoms with Crippen molar-refractivity contribution < 1.29 is 9.59 Å². The zero-order valence-corrected chi connectivity index (χ0v) is 8.04. The molecule has 2 amide bonds.